The second-order valence-electron chi connectivity index (χ2n) is 0.506. The largest absolute Gasteiger partial charge is 1.00 e. The Kier molecular flexibility index (Phi) is 12.2. The number of carboxylic acids is 1. The van der Waals surface area contributed by atoms with Gasteiger partial charge in [-0.2, -0.15) is 0 Å². The first-order valence-electron chi connectivity index (χ1n) is 1.03. The number of carboxylic acid groups (broad SMARTS) is 1. The standard InChI is InChI=1S/C2H3ClO2.Cs/c3-1-2(4)5;/h1H2,(H,4,5);/q;+1/p-1. The molecule has 0 N–H and O–H groups in total. The summed E-state index contributed by atoms with van der Waals surface area (Å²) >= 11 is 4.67. The average Bonchev–Trinajstić information content (AvgIpc) is 1.38. The van der Waals surface area contributed by atoms with Crippen LogP contribution in [-0.4, -0.2) is 11.8 Å². The van der Waals surface area contributed by atoms with Crippen molar-refractivity contribution in [1.29, 1.82) is 0 Å². The number of rotatable bonds is 1. The van der Waals surface area contributed by atoms with E-state index in [-0.39, 0.29) is 68.9 Å². The number of halogens is 1. The van der Waals surface area contributed by atoms with Crippen molar-refractivity contribution in [3.63, 3.8) is 0 Å². The Hall–Kier alpha value is 1.81. The van der Waals surface area contributed by atoms with Crippen LogP contribution in [0.3, 0.4) is 0 Å². The Morgan fingerprint density at radius 3 is 2.00 bits per heavy atom. The third-order valence-corrected chi connectivity index (χ3v) is 0.327. The van der Waals surface area contributed by atoms with Crippen molar-refractivity contribution in [2.24, 2.45) is 0 Å². The van der Waals surface area contributed by atoms with E-state index in [1.165, 1.54) is 0 Å². The van der Waals surface area contributed by atoms with Gasteiger partial charge in [0.2, 0.25) is 0 Å². The van der Waals surface area contributed by atoms with Crippen LogP contribution in [0.15, 0.2) is 0 Å². The molecule has 0 fully saturated rings. The minimum atomic E-state index is -1.23. The van der Waals surface area contributed by atoms with E-state index in [0.29, 0.717) is 0 Å². The summed E-state index contributed by atoms with van der Waals surface area (Å²) in [5.41, 5.74) is 0. The summed E-state index contributed by atoms with van der Waals surface area (Å²) in [6, 6.07) is 0. The van der Waals surface area contributed by atoms with Gasteiger partial charge in [0.25, 0.3) is 0 Å². The van der Waals surface area contributed by atoms with Gasteiger partial charge in [0, 0.05) is 0 Å². The van der Waals surface area contributed by atoms with E-state index in [9.17, 15) is 0 Å². The zero-order valence-electron chi connectivity index (χ0n) is 3.40. The molecule has 0 saturated heterocycles. The Balaban J connectivity index is 0. The molecule has 6 heavy (non-hydrogen) atoms. The van der Waals surface area contributed by atoms with Crippen LogP contribution < -0.4 is 74.0 Å². The summed E-state index contributed by atoms with van der Waals surface area (Å²) < 4.78 is 0. The van der Waals surface area contributed by atoms with Crippen molar-refractivity contribution in [2.75, 3.05) is 5.88 Å². The average molecular weight is 226 g/mol. The fourth-order valence-electron chi connectivity index (χ4n) is 0. The van der Waals surface area contributed by atoms with Crippen LogP contribution in [0.25, 0.3) is 0 Å². The van der Waals surface area contributed by atoms with E-state index in [1.807, 2.05) is 0 Å². The molecule has 0 aromatic heterocycles. The first-order chi connectivity index (χ1) is 2.27. The van der Waals surface area contributed by atoms with Crippen molar-refractivity contribution < 1.29 is 78.8 Å². The normalized spacial score (nSPS) is 6.17. The molecule has 0 aliphatic heterocycles. The molecule has 0 aromatic rings. The van der Waals surface area contributed by atoms with Crippen molar-refractivity contribution in [3.8, 4) is 0 Å². The van der Waals surface area contributed by atoms with E-state index in [4.69, 9.17) is 9.90 Å². The number of aliphatic carboxylic acids is 1. The Morgan fingerprint density at radius 2 is 2.00 bits per heavy atom. The number of carbonyl (C=O) groups excluding carboxylic acids is 1. The van der Waals surface area contributed by atoms with Crippen LogP contribution >= 0.6 is 11.6 Å². The van der Waals surface area contributed by atoms with Crippen molar-refractivity contribution >= 4 is 17.6 Å². The molecule has 0 bridgehead atoms. The van der Waals surface area contributed by atoms with Crippen LogP contribution in [-0.2, 0) is 4.79 Å². The maximum absolute atomic E-state index is 9.12. The van der Waals surface area contributed by atoms with Gasteiger partial charge in [0.1, 0.15) is 0 Å². The number of alkyl halides is 1. The molecule has 0 spiro atoms. The fraction of sp³-hybridized carbons (Fsp3) is 0.500. The quantitative estimate of drug-likeness (QED) is 0.427. The molecule has 0 aliphatic rings. The number of hydrogen-bond donors (Lipinski definition) is 0. The molecule has 30 valence electrons. The Morgan fingerprint density at radius 1 is 1.83 bits per heavy atom. The van der Waals surface area contributed by atoms with Crippen LogP contribution in [0, 0.1) is 0 Å². The summed E-state index contributed by atoms with van der Waals surface area (Å²) in [6.07, 6.45) is 0. The maximum atomic E-state index is 9.12. The van der Waals surface area contributed by atoms with E-state index in [1.54, 1.807) is 0 Å². The molecule has 2 nitrogen and oxygen atoms in total. The van der Waals surface area contributed by atoms with Gasteiger partial charge in [0.15, 0.2) is 0 Å². The molecule has 0 heterocycles. The van der Waals surface area contributed by atoms with Gasteiger partial charge in [0.05, 0.1) is 11.8 Å². The van der Waals surface area contributed by atoms with Crippen LogP contribution in [0.4, 0.5) is 0 Å². The van der Waals surface area contributed by atoms with Gasteiger partial charge in [-0.25, -0.2) is 0 Å². The molecule has 0 atom stereocenters. The molecule has 0 rings (SSSR count). The van der Waals surface area contributed by atoms with Gasteiger partial charge >= 0.3 is 68.9 Å². The molecular weight excluding hydrogens is 224 g/mol. The Bertz CT molecular complexity index is 46.8. The van der Waals surface area contributed by atoms with E-state index < -0.39 is 11.8 Å². The third-order valence-electron chi connectivity index (χ3n) is 0.109. The van der Waals surface area contributed by atoms with Gasteiger partial charge in [-0.3, -0.25) is 0 Å². The Labute approximate surface area is 99.7 Å². The monoisotopic (exact) mass is 226 g/mol. The summed E-state index contributed by atoms with van der Waals surface area (Å²) in [4.78, 5) is 9.12. The van der Waals surface area contributed by atoms with Gasteiger partial charge in [-0.05, 0) is 0 Å². The predicted octanol–water partition coefficient (Wildman–Crippen LogP) is -4.02. The SMILES string of the molecule is O=C([O-])CCl.[Cs+]. The van der Waals surface area contributed by atoms with Gasteiger partial charge in [-0.15, -0.1) is 11.6 Å². The second kappa shape index (κ2) is 6.81. The zero-order valence-corrected chi connectivity index (χ0v) is 10.4. The predicted molar refractivity (Wildman–Crippen MR) is 15.7 cm³/mol. The molecule has 0 saturated carbocycles. The fourth-order valence-corrected chi connectivity index (χ4v) is 0. The summed E-state index contributed by atoms with van der Waals surface area (Å²) in [6.45, 7) is 0. The molecule has 0 aromatic carbocycles. The summed E-state index contributed by atoms with van der Waals surface area (Å²) in [5, 5.41) is 9.12. The number of hydrogen-bond acceptors (Lipinski definition) is 2. The summed E-state index contributed by atoms with van der Waals surface area (Å²) in [5.74, 6) is -1.65. The minimum absolute atomic E-state index is 0. The first-order valence-corrected chi connectivity index (χ1v) is 1.56. The summed E-state index contributed by atoms with van der Waals surface area (Å²) in [7, 11) is 0. The second-order valence-corrected chi connectivity index (χ2v) is 0.773. The van der Waals surface area contributed by atoms with Crippen LogP contribution in [0.5, 0.6) is 0 Å². The van der Waals surface area contributed by atoms with Crippen LogP contribution in [0.2, 0.25) is 0 Å². The molecule has 4 heteroatoms. The van der Waals surface area contributed by atoms with E-state index in [0.717, 1.165) is 0 Å². The van der Waals surface area contributed by atoms with Crippen molar-refractivity contribution in [2.45, 2.75) is 0 Å². The van der Waals surface area contributed by atoms with E-state index >= 15 is 0 Å². The molecule has 0 amide bonds. The molecular formula is C2H2ClCsO2. The zero-order chi connectivity index (χ0) is 4.28. The van der Waals surface area contributed by atoms with Crippen molar-refractivity contribution in [3.05, 3.63) is 0 Å². The number of carbonyl (C=O) groups is 1. The molecule has 0 aliphatic carbocycles. The molecule has 0 unspecified atom stereocenters. The molecule has 0 radical (unpaired) electrons. The topological polar surface area (TPSA) is 40.1 Å². The van der Waals surface area contributed by atoms with Crippen molar-refractivity contribution in [1.82, 2.24) is 0 Å². The third kappa shape index (κ3) is 9.26. The van der Waals surface area contributed by atoms with Crippen LogP contribution in [0.1, 0.15) is 0 Å². The first kappa shape index (κ1) is 10.7. The minimum Gasteiger partial charge on any atom is -0.549 e. The van der Waals surface area contributed by atoms with Gasteiger partial charge in [-0.1, -0.05) is 0 Å². The maximum Gasteiger partial charge on any atom is 1.00 e. The van der Waals surface area contributed by atoms with E-state index in [2.05, 4.69) is 11.6 Å². The smallest absolute Gasteiger partial charge is 0.549 e. The van der Waals surface area contributed by atoms with Gasteiger partial charge < -0.3 is 9.90 Å².